The Labute approximate surface area is 108 Å². The maximum Gasteiger partial charge on any atom is 0.328 e. The molecule has 0 fully saturated rings. The summed E-state index contributed by atoms with van der Waals surface area (Å²) < 4.78 is 25.7. The van der Waals surface area contributed by atoms with Crippen LogP contribution in [-0.2, 0) is 10.0 Å². The summed E-state index contributed by atoms with van der Waals surface area (Å²) in [6.07, 6.45) is 0.734. The van der Waals surface area contributed by atoms with Crippen molar-refractivity contribution >= 4 is 16.1 Å². The number of rotatable bonds is 4. The molecule has 0 saturated carbocycles. The third kappa shape index (κ3) is 4.03. The highest BCUT2D eigenvalue weighted by molar-refractivity contribution is 7.90. The second-order valence-electron chi connectivity index (χ2n) is 4.20. The SMILES string of the molecule is CCC(C)NC(=O)NS(=O)(=O)c1ccc(C)cc1. The van der Waals surface area contributed by atoms with Gasteiger partial charge in [0, 0.05) is 6.04 Å². The number of aryl methyl sites for hydroxylation is 1. The Bertz CT molecular complexity index is 509. The molecule has 0 aliphatic rings. The van der Waals surface area contributed by atoms with E-state index in [9.17, 15) is 13.2 Å². The van der Waals surface area contributed by atoms with E-state index in [2.05, 4.69) is 5.32 Å². The van der Waals surface area contributed by atoms with Crippen LogP contribution in [0.5, 0.6) is 0 Å². The van der Waals surface area contributed by atoms with Crippen LogP contribution in [0.3, 0.4) is 0 Å². The lowest BCUT2D eigenvalue weighted by Gasteiger charge is -2.12. The smallest absolute Gasteiger partial charge is 0.328 e. The summed E-state index contributed by atoms with van der Waals surface area (Å²) >= 11 is 0. The van der Waals surface area contributed by atoms with E-state index in [0.29, 0.717) is 0 Å². The molecule has 1 aromatic carbocycles. The summed E-state index contributed by atoms with van der Waals surface area (Å²) in [4.78, 5) is 11.5. The maximum absolute atomic E-state index is 11.9. The van der Waals surface area contributed by atoms with Crippen LogP contribution in [0, 0.1) is 6.92 Å². The second kappa shape index (κ2) is 5.86. The van der Waals surface area contributed by atoms with Gasteiger partial charge in [0.25, 0.3) is 10.0 Å². The number of hydrogen-bond acceptors (Lipinski definition) is 3. The lowest BCUT2D eigenvalue weighted by molar-refractivity contribution is 0.242. The van der Waals surface area contributed by atoms with Crippen molar-refractivity contribution in [2.75, 3.05) is 0 Å². The molecule has 5 nitrogen and oxygen atoms in total. The number of carbonyl (C=O) groups is 1. The Kier molecular flexibility index (Phi) is 4.72. The van der Waals surface area contributed by atoms with Crippen molar-refractivity contribution in [1.82, 2.24) is 10.0 Å². The quantitative estimate of drug-likeness (QED) is 0.875. The molecular weight excluding hydrogens is 252 g/mol. The van der Waals surface area contributed by atoms with Gasteiger partial charge in [-0.2, -0.15) is 0 Å². The minimum atomic E-state index is -3.79. The van der Waals surface area contributed by atoms with E-state index in [-0.39, 0.29) is 10.9 Å². The lowest BCUT2D eigenvalue weighted by Crippen LogP contribution is -2.43. The molecule has 1 unspecified atom stereocenters. The summed E-state index contributed by atoms with van der Waals surface area (Å²) in [5.41, 5.74) is 0.956. The molecule has 1 atom stereocenters. The maximum atomic E-state index is 11.9. The zero-order valence-corrected chi connectivity index (χ0v) is 11.5. The first-order valence-electron chi connectivity index (χ1n) is 5.75. The first-order chi connectivity index (χ1) is 8.35. The highest BCUT2D eigenvalue weighted by atomic mass is 32.2. The van der Waals surface area contributed by atoms with E-state index >= 15 is 0 Å². The molecule has 1 rings (SSSR count). The van der Waals surface area contributed by atoms with Crippen LogP contribution >= 0.6 is 0 Å². The van der Waals surface area contributed by atoms with Gasteiger partial charge in [-0.25, -0.2) is 17.9 Å². The van der Waals surface area contributed by atoms with E-state index in [0.717, 1.165) is 12.0 Å². The summed E-state index contributed by atoms with van der Waals surface area (Å²) in [7, 11) is -3.79. The van der Waals surface area contributed by atoms with Crippen LogP contribution in [0.4, 0.5) is 4.79 Å². The molecule has 0 aliphatic carbocycles. The van der Waals surface area contributed by atoms with E-state index in [1.165, 1.54) is 12.1 Å². The molecule has 2 amide bonds. The largest absolute Gasteiger partial charge is 0.335 e. The number of urea groups is 1. The van der Waals surface area contributed by atoms with Crippen molar-refractivity contribution in [3.63, 3.8) is 0 Å². The number of amides is 2. The van der Waals surface area contributed by atoms with Gasteiger partial charge < -0.3 is 5.32 Å². The van der Waals surface area contributed by atoms with E-state index in [1.54, 1.807) is 19.1 Å². The van der Waals surface area contributed by atoms with Gasteiger partial charge in [-0.15, -0.1) is 0 Å². The summed E-state index contributed by atoms with van der Waals surface area (Å²) in [6, 6.07) is 5.52. The Morgan fingerprint density at radius 3 is 2.33 bits per heavy atom. The first kappa shape index (κ1) is 14.5. The fourth-order valence-electron chi connectivity index (χ4n) is 1.25. The molecule has 0 aromatic heterocycles. The molecule has 0 bridgehead atoms. The van der Waals surface area contributed by atoms with Gasteiger partial charge in [0.05, 0.1) is 4.90 Å². The second-order valence-corrected chi connectivity index (χ2v) is 5.88. The van der Waals surface area contributed by atoms with Gasteiger partial charge >= 0.3 is 6.03 Å². The molecule has 0 spiro atoms. The minimum Gasteiger partial charge on any atom is -0.335 e. The predicted molar refractivity (Wildman–Crippen MR) is 69.8 cm³/mol. The standard InChI is InChI=1S/C12H18N2O3S/c1-4-10(3)13-12(15)14-18(16,17)11-7-5-9(2)6-8-11/h5-8,10H,4H2,1-3H3,(H2,13,14,15). The van der Waals surface area contributed by atoms with Crippen LogP contribution < -0.4 is 10.0 Å². The topological polar surface area (TPSA) is 75.3 Å². The van der Waals surface area contributed by atoms with E-state index in [1.807, 2.05) is 18.6 Å². The van der Waals surface area contributed by atoms with Crippen molar-refractivity contribution in [3.8, 4) is 0 Å². The molecule has 0 radical (unpaired) electrons. The molecule has 0 aliphatic heterocycles. The van der Waals surface area contributed by atoms with Crippen molar-refractivity contribution in [2.24, 2.45) is 0 Å². The third-order valence-corrected chi connectivity index (χ3v) is 3.90. The number of sulfonamides is 1. The average Bonchev–Trinajstić information content (AvgIpc) is 2.28. The molecule has 100 valence electrons. The monoisotopic (exact) mass is 270 g/mol. The van der Waals surface area contributed by atoms with Crippen LogP contribution in [0.1, 0.15) is 25.8 Å². The molecule has 6 heteroatoms. The number of nitrogens with one attached hydrogen (secondary N) is 2. The van der Waals surface area contributed by atoms with Crippen molar-refractivity contribution in [1.29, 1.82) is 0 Å². The van der Waals surface area contributed by atoms with Gasteiger partial charge in [0.1, 0.15) is 0 Å². The van der Waals surface area contributed by atoms with Crippen LogP contribution in [0.25, 0.3) is 0 Å². The lowest BCUT2D eigenvalue weighted by atomic mass is 10.2. The Morgan fingerprint density at radius 2 is 1.83 bits per heavy atom. The van der Waals surface area contributed by atoms with Crippen LogP contribution in [0.15, 0.2) is 29.2 Å². The number of carbonyl (C=O) groups excluding carboxylic acids is 1. The first-order valence-corrected chi connectivity index (χ1v) is 7.23. The van der Waals surface area contributed by atoms with Crippen molar-refractivity contribution in [3.05, 3.63) is 29.8 Å². The summed E-state index contributed by atoms with van der Waals surface area (Å²) in [6.45, 7) is 5.57. The van der Waals surface area contributed by atoms with Gasteiger partial charge in [-0.3, -0.25) is 0 Å². The van der Waals surface area contributed by atoms with Gasteiger partial charge in [0.2, 0.25) is 0 Å². The van der Waals surface area contributed by atoms with E-state index in [4.69, 9.17) is 0 Å². The normalized spacial score (nSPS) is 12.8. The molecule has 1 aromatic rings. The van der Waals surface area contributed by atoms with Gasteiger partial charge in [-0.1, -0.05) is 24.6 Å². The Hall–Kier alpha value is -1.56. The predicted octanol–water partition coefficient (Wildman–Crippen LogP) is 1.78. The third-order valence-electron chi connectivity index (χ3n) is 2.55. The summed E-state index contributed by atoms with van der Waals surface area (Å²) in [5.74, 6) is 0. The molecular formula is C12H18N2O3S. The molecule has 18 heavy (non-hydrogen) atoms. The highest BCUT2D eigenvalue weighted by Gasteiger charge is 2.17. The fourth-order valence-corrected chi connectivity index (χ4v) is 2.17. The number of hydrogen-bond donors (Lipinski definition) is 2. The van der Waals surface area contributed by atoms with Crippen molar-refractivity contribution in [2.45, 2.75) is 38.1 Å². The molecule has 0 heterocycles. The van der Waals surface area contributed by atoms with Crippen LogP contribution in [0.2, 0.25) is 0 Å². The highest BCUT2D eigenvalue weighted by Crippen LogP contribution is 2.09. The molecule has 0 saturated heterocycles. The zero-order valence-electron chi connectivity index (χ0n) is 10.7. The Morgan fingerprint density at radius 1 is 1.28 bits per heavy atom. The van der Waals surface area contributed by atoms with Gasteiger partial charge in [0.15, 0.2) is 0 Å². The summed E-state index contributed by atoms with van der Waals surface area (Å²) in [5, 5.41) is 2.54. The fraction of sp³-hybridized carbons (Fsp3) is 0.417. The average molecular weight is 270 g/mol. The Balaban J connectivity index is 2.76. The number of benzene rings is 1. The zero-order chi connectivity index (χ0) is 13.8. The van der Waals surface area contributed by atoms with Crippen molar-refractivity contribution < 1.29 is 13.2 Å². The van der Waals surface area contributed by atoms with E-state index < -0.39 is 16.1 Å². The van der Waals surface area contributed by atoms with Crippen LogP contribution in [-0.4, -0.2) is 20.5 Å². The molecule has 2 N–H and O–H groups in total. The van der Waals surface area contributed by atoms with Gasteiger partial charge in [-0.05, 0) is 32.4 Å². The minimum absolute atomic E-state index is 0.0711.